The highest BCUT2D eigenvalue weighted by Gasteiger charge is 2.07. The lowest BCUT2D eigenvalue weighted by Crippen LogP contribution is -1.94. The number of aromatic nitrogens is 1. The van der Waals surface area contributed by atoms with E-state index in [0.717, 1.165) is 11.8 Å². The number of nitro groups is 1. The van der Waals surface area contributed by atoms with Crippen LogP contribution in [0.15, 0.2) is 12.3 Å². The van der Waals surface area contributed by atoms with Crippen molar-refractivity contribution >= 4 is 22.6 Å². The van der Waals surface area contributed by atoms with Crippen LogP contribution in [0.25, 0.3) is 0 Å². The van der Waals surface area contributed by atoms with Crippen molar-refractivity contribution in [2.45, 2.75) is 13.8 Å². The number of pyridine rings is 1. The molecular weight excluding hydrogens is 240 g/mol. The molecule has 0 unspecified atom stereocenters. The second-order valence-corrected chi connectivity index (χ2v) is 4.35. The monoisotopic (exact) mass is 250 g/mol. The Morgan fingerprint density at radius 3 is 2.88 bits per heavy atom. The zero-order chi connectivity index (χ0) is 12.8. The maximum absolute atomic E-state index is 10.6. The highest BCUT2D eigenvalue weighted by molar-refractivity contribution is 8.13. The molecule has 0 aliphatic carbocycles. The third-order valence-electron chi connectivity index (χ3n) is 1.83. The number of rotatable bonds is 2. The fraction of sp³-hybridized carbons (Fsp3) is 0.273. The van der Waals surface area contributed by atoms with Crippen molar-refractivity contribution in [1.82, 2.24) is 4.98 Å². The van der Waals surface area contributed by atoms with Crippen LogP contribution in [0.2, 0.25) is 0 Å². The largest absolute Gasteiger partial charge is 0.288 e. The number of hydrogen-bond donors (Lipinski definition) is 0. The van der Waals surface area contributed by atoms with Crippen molar-refractivity contribution in [3.63, 3.8) is 0 Å². The van der Waals surface area contributed by atoms with Gasteiger partial charge in [0, 0.05) is 13.0 Å². The molecule has 0 spiro atoms. The summed E-state index contributed by atoms with van der Waals surface area (Å²) in [7, 11) is 0. The van der Waals surface area contributed by atoms with Crippen LogP contribution in [0.4, 0.5) is 5.69 Å². The number of aryl methyl sites for hydroxylation is 1. The van der Waals surface area contributed by atoms with E-state index in [1.165, 1.54) is 19.2 Å². The molecule has 0 atom stereocenters. The predicted octanol–water partition coefficient (Wildman–Crippen LogP) is 1.93. The van der Waals surface area contributed by atoms with Crippen LogP contribution in [0.1, 0.15) is 18.2 Å². The molecule has 0 aliphatic rings. The standard InChI is InChI=1S/C11H10N2O3S/c1-8-6-10(13(15)16)7-12-11(8)4-3-5-17-9(2)14/h6-7H,5H2,1-2H3. The van der Waals surface area contributed by atoms with Gasteiger partial charge in [0.15, 0.2) is 5.12 Å². The molecule has 1 rings (SSSR count). The Morgan fingerprint density at radius 1 is 1.65 bits per heavy atom. The Hall–Kier alpha value is -1.87. The number of thioether (sulfide) groups is 1. The fourth-order valence-electron chi connectivity index (χ4n) is 1.05. The van der Waals surface area contributed by atoms with Gasteiger partial charge in [0.1, 0.15) is 11.9 Å². The summed E-state index contributed by atoms with van der Waals surface area (Å²) in [6.07, 6.45) is 1.18. The molecule has 6 heteroatoms. The van der Waals surface area contributed by atoms with Gasteiger partial charge in [-0.05, 0) is 18.4 Å². The predicted molar refractivity (Wildman–Crippen MR) is 65.6 cm³/mol. The van der Waals surface area contributed by atoms with Gasteiger partial charge < -0.3 is 0 Å². The summed E-state index contributed by atoms with van der Waals surface area (Å²) in [5.74, 6) is 5.96. The van der Waals surface area contributed by atoms with Crippen LogP contribution in [-0.2, 0) is 4.79 Å². The number of carbonyl (C=O) groups excluding carboxylic acids is 1. The molecule has 0 N–H and O–H groups in total. The summed E-state index contributed by atoms with van der Waals surface area (Å²) in [5, 5.41) is 10.5. The number of carbonyl (C=O) groups is 1. The minimum Gasteiger partial charge on any atom is -0.288 e. The summed E-state index contributed by atoms with van der Waals surface area (Å²) in [6.45, 7) is 3.18. The lowest BCUT2D eigenvalue weighted by molar-refractivity contribution is -0.385. The van der Waals surface area contributed by atoms with Crippen LogP contribution in [0.3, 0.4) is 0 Å². The lowest BCUT2D eigenvalue weighted by atomic mass is 10.2. The van der Waals surface area contributed by atoms with Gasteiger partial charge in [-0.3, -0.25) is 14.9 Å². The summed E-state index contributed by atoms with van der Waals surface area (Å²) < 4.78 is 0. The first kappa shape index (κ1) is 13.2. The SMILES string of the molecule is CC(=O)SCC#Cc1ncc([N+](=O)[O-])cc1C. The molecule has 0 saturated carbocycles. The Morgan fingerprint density at radius 2 is 2.35 bits per heavy atom. The van der Waals surface area contributed by atoms with Crippen LogP contribution >= 0.6 is 11.8 Å². The summed E-state index contributed by atoms with van der Waals surface area (Å²) >= 11 is 1.12. The van der Waals surface area contributed by atoms with E-state index in [9.17, 15) is 14.9 Å². The van der Waals surface area contributed by atoms with Gasteiger partial charge in [-0.25, -0.2) is 4.98 Å². The first-order valence-electron chi connectivity index (χ1n) is 4.74. The molecule has 0 fully saturated rings. The highest BCUT2D eigenvalue weighted by Crippen LogP contribution is 2.13. The first-order chi connectivity index (χ1) is 8.00. The van der Waals surface area contributed by atoms with Crippen molar-refractivity contribution in [3.05, 3.63) is 33.6 Å². The molecule has 0 saturated heterocycles. The topological polar surface area (TPSA) is 73.1 Å². The molecule has 5 nitrogen and oxygen atoms in total. The fourth-order valence-corrected chi connectivity index (χ4v) is 1.40. The molecule has 0 amide bonds. The Labute approximate surface area is 103 Å². The van der Waals surface area contributed by atoms with Crippen molar-refractivity contribution in [2.24, 2.45) is 0 Å². The maximum atomic E-state index is 10.6. The Bertz CT molecular complexity index is 517. The smallest absolute Gasteiger partial charge is 0.287 e. The lowest BCUT2D eigenvalue weighted by Gasteiger charge is -1.96. The molecule has 1 aromatic rings. The van der Waals surface area contributed by atoms with E-state index in [4.69, 9.17) is 0 Å². The van der Waals surface area contributed by atoms with Gasteiger partial charge in [-0.1, -0.05) is 17.7 Å². The minimum atomic E-state index is -0.497. The first-order valence-corrected chi connectivity index (χ1v) is 5.72. The van der Waals surface area contributed by atoms with Gasteiger partial charge in [-0.15, -0.1) is 0 Å². The van der Waals surface area contributed by atoms with E-state index < -0.39 is 4.92 Å². The molecule has 1 aromatic heterocycles. The average Bonchev–Trinajstić information content (AvgIpc) is 2.25. The molecule has 88 valence electrons. The van der Waals surface area contributed by atoms with E-state index in [1.807, 2.05) is 0 Å². The molecule has 1 heterocycles. The molecule has 0 aliphatic heterocycles. The molecule has 0 aromatic carbocycles. The zero-order valence-corrected chi connectivity index (χ0v) is 10.2. The average molecular weight is 250 g/mol. The summed E-state index contributed by atoms with van der Waals surface area (Å²) in [6, 6.07) is 1.43. The van der Waals surface area contributed by atoms with Gasteiger partial charge in [0.25, 0.3) is 5.69 Å². The number of nitrogens with zero attached hydrogens (tertiary/aromatic N) is 2. The normalized spacial score (nSPS) is 9.29. The Balaban J connectivity index is 2.79. The van der Waals surface area contributed by atoms with E-state index in [-0.39, 0.29) is 10.8 Å². The summed E-state index contributed by atoms with van der Waals surface area (Å²) in [5.41, 5.74) is 1.10. The van der Waals surface area contributed by atoms with Crippen LogP contribution < -0.4 is 0 Å². The third kappa shape index (κ3) is 4.25. The molecular formula is C11H10N2O3S. The van der Waals surface area contributed by atoms with E-state index >= 15 is 0 Å². The van der Waals surface area contributed by atoms with Crippen molar-refractivity contribution in [1.29, 1.82) is 0 Å². The van der Waals surface area contributed by atoms with Crippen molar-refractivity contribution in [3.8, 4) is 11.8 Å². The molecule has 17 heavy (non-hydrogen) atoms. The van der Waals surface area contributed by atoms with Crippen molar-refractivity contribution < 1.29 is 9.72 Å². The van der Waals surface area contributed by atoms with Gasteiger partial charge in [0.2, 0.25) is 0 Å². The maximum Gasteiger partial charge on any atom is 0.287 e. The minimum absolute atomic E-state index is 0.00711. The van der Waals surface area contributed by atoms with Crippen LogP contribution in [0.5, 0.6) is 0 Å². The van der Waals surface area contributed by atoms with Crippen LogP contribution in [0, 0.1) is 28.9 Å². The van der Waals surface area contributed by atoms with Crippen LogP contribution in [-0.4, -0.2) is 20.8 Å². The second kappa shape index (κ2) is 6.01. The molecule has 0 bridgehead atoms. The second-order valence-electron chi connectivity index (χ2n) is 3.20. The van der Waals surface area contributed by atoms with Gasteiger partial charge >= 0.3 is 0 Å². The molecule has 0 radical (unpaired) electrons. The van der Waals surface area contributed by atoms with Gasteiger partial charge in [0.05, 0.1) is 10.7 Å². The summed E-state index contributed by atoms with van der Waals surface area (Å²) in [4.78, 5) is 24.5. The van der Waals surface area contributed by atoms with E-state index in [1.54, 1.807) is 6.92 Å². The van der Waals surface area contributed by atoms with Crippen molar-refractivity contribution in [2.75, 3.05) is 5.75 Å². The van der Waals surface area contributed by atoms with E-state index in [0.29, 0.717) is 17.0 Å². The highest BCUT2D eigenvalue weighted by atomic mass is 32.2. The zero-order valence-electron chi connectivity index (χ0n) is 9.39. The third-order valence-corrected chi connectivity index (χ3v) is 2.52. The number of hydrogen-bond acceptors (Lipinski definition) is 5. The van der Waals surface area contributed by atoms with E-state index in [2.05, 4.69) is 16.8 Å². The quantitative estimate of drug-likeness (QED) is 0.455. The Kier molecular flexibility index (Phi) is 4.67. The van der Waals surface area contributed by atoms with Gasteiger partial charge in [-0.2, -0.15) is 0 Å².